The number of ketones is 1. The summed E-state index contributed by atoms with van der Waals surface area (Å²) in [6.07, 6.45) is 1.07. The molecule has 7 nitrogen and oxygen atoms in total. The van der Waals surface area contributed by atoms with E-state index in [9.17, 15) is 18.0 Å². The highest BCUT2D eigenvalue weighted by atomic mass is 32.2. The van der Waals surface area contributed by atoms with Gasteiger partial charge in [-0.05, 0) is 24.6 Å². The number of sulfonamides is 1. The highest BCUT2D eigenvalue weighted by Crippen LogP contribution is 2.20. The lowest BCUT2D eigenvalue weighted by molar-refractivity contribution is -0.131. The molecule has 160 valence electrons. The van der Waals surface area contributed by atoms with Crippen LogP contribution in [0.3, 0.4) is 0 Å². The molecular weight excluding hydrogens is 402 g/mol. The van der Waals surface area contributed by atoms with Crippen LogP contribution in [0.4, 0.5) is 5.69 Å². The average Bonchev–Trinajstić information content (AvgIpc) is 2.72. The third-order valence-corrected chi connectivity index (χ3v) is 6.33. The fraction of sp³-hybridized carbons (Fsp3) is 0.364. The number of anilines is 1. The lowest BCUT2D eigenvalue weighted by Crippen LogP contribution is -2.51. The van der Waals surface area contributed by atoms with Gasteiger partial charge in [-0.15, -0.1) is 0 Å². The van der Waals surface area contributed by atoms with E-state index in [1.165, 1.54) is 18.6 Å². The van der Waals surface area contributed by atoms with E-state index in [-0.39, 0.29) is 18.2 Å². The first-order chi connectivity index (χ1) is 14.2. The number of benzene rings is 2. The molecule has 0 atom stereocenters. The van der Waals surface area contributed by atoms with E-state index in [1.807, 2.05) is 18.2 Å². The minimum atomic E-state index is -3.68. The molecule has 0 radical (unpaired) electrons. The quantitative estimate of drug-likeness (QED) is 0.629. The van der Waals surface area contributed by atoms with Gasteiger partial charge < -0.3 is 4.90 Å². The summed E-state index contributed by atoms with van der Waals surface area (Å²) in [4.78, 5) is 28.5. The third-order valence-electron chi connectivity index (χ3n) is 5.19. The molecule has 8 heteroatoms. The SMILES string of the molecule is CC(=O)c1cccc(N(CC(=O)N2CCN(Cc3ccccc3)CC2)S(C)(=O)=O)c1. The standard InChI is InChI=1S/C22H27N3O4S/c1-18(26)20-9-6-10-21(15-20)25(30(2,28)29)17-22(27)24-13-11-23(12-14-24)16-19-7-4-3-5-8-19/h3-10,15H,11-14,16-17H2,1-2H3. The molecule has 2 aromatic rings. The maximum absolute atomic E-state index is 12.8. The number of Topliss-reactive ketones (excluding diaryl/α,β-unsaturated/α-hetero) is 1. The van der Waals surface area contributed by atoms with E-state index in [4.69, 9.17) is 0 Å². The predicted molar refractivity (Wildman–Crippen MR) is 117 cm³/mol. The summed E-state index contributed by atoms with van der Waals surface area (Å²) in [6, 6.07) is 16.5. The molecule has 0 aliphatic carbocycles. The molecule has 0 unspecified atom stereocenters. The second kappa shape index (κ2) is 9.40. The molecule has 1 fully saturated rings. The zero-order valence-corrected chi connectivity index (χ0v) is 18.1. The summed E-state index contributed by atoms with van der Waals surface area (Å²) in [7, 11) is -3.68. The second-order valence-corrected chi connectivity index (χ2v) is 9.43. The van der Waals surface area contributed by atoms with E-state index < -0.39 is 10.0 Å². The number of piperazine rings is 1. The van der Waals surface area contributed by atoms with Crippen LogP contribution >= 0.6 is 0 Å². The van der Waals surface area contributed by atoms with Crippen molar-refractivity contribution in [3.8, 4) is 0 Å². The summed E-state index contributed by atoms with van der Waals surface area (Å²) < 4.78 is 25.8. The van der Waals surface area contributed by atoms with Crippen molar-refractivity contribution >= 4 is 27.4 Å². The van der Waals surface area contributed by atoms with Gasteiger partial charge in [-0.3, -0.25) is 18.8 Å². The van der Waals surface area contributed by atoms with Crippen molar-refractivity contribution in [1.29, 1.82) is 0 Å². The molecule has 0 spiro atoms. The van der Waals surface area contributed by atoms with Crippen LogP contribution in [-0.4, -0.2) is 68.9 Å². The van der Waals surface area contributed by atoms with Gasteiger partial charge in [0, 0.05) is 38.3 Å². The minimum Gasteiger partial charge on any atom is -0.339 e. The van der Waals surface area contributed by atoms with E-state index in [0.29, 0.717) is 24.3 Å². The molecule has 1 saturated heterocycles. The first kappa shape index (κ1) is 22.0. The predicted octanol–water partition coefficient (Wildman–Crippen LogP) is 2.00. The van der Waals surface area contributed by atoms with Gasteiger partial charge in [0.05, 0.1) is 11.9 Å². The van der Waals surface area contributed by atoms with Gasteiger partial charge in [0.1, 0.15) is 6.54 Å². The fourth-order valence-corrected chi connectivity index (χ4v) is 4.34. The van der Waals surface area contributed by atoms with Gasteiger partial charge in [-0.25, -0.2) is 8.42 Å². The Labute approximate surface area is 177 Å². The molecule has 0 bridgehead atoms. The zero-order chi connectivity index (χ0) is 21.7. The first-order valence-corrected chi connectivity index (χ1v) is 11.7. The van der Waals surface area contributed by atoms with Crippen LogP contribution in [0.2, 0.25) is 0 Å². The fourth-order valence-electron chi connectivity index (χ4n) is 3.50. The molecule has 1 heterocycles. The van der Waals surface area contributed by atoms with E-state index >= 15 is 0 Å². The number of amides is 1. The molecule has 3 rings (SSSR count). The highest BCUT2D eigenvalue weighted by molar-refractivity contribution is 7.92. The van der Waals surface area contributed by atoms with Gasteiger partial charge in [0.15, 0.2) is 5.78 Å². The van der Waals surface area contributed by atoms with Crippen molar-refractivity contribution in [2.45, 2.75) is 13.5 Å². The molecule has 0 saturated carbocycles. The Morgan fingerprint density at radius 3 is 2.23 bits per heavy atom. The van der Waals surface area contributed by atoms with Crippen LogP contribution in [0.1, 0.15) is 22.8 Å². The van der Waals surface area contributed by atoms with Crippen LogP contribution in [-0.2, 0) is 21.4 Å². The number of rotatable bonds is 7. The molecule has 0 N–H and O–H groups in total. The number of hydrogen-bond acceptors (Lipinski definition) is 5. The smallest absolute Gasteiger partial charge is 0.243 e. The topological polar surface area (TPSA) is 78.0 Å². The van der Waals surface area contributed by atoms with Crippen LogP contribution in [0.5, 0.6) is 0 Å². The van der Waals surface area contributed by atoms with E-state index in [2.05, 4.69) is 17.0 Å². The summed E-state index contributed by atoms with van der Waals surface area (Å²) in [5, 5.41) is 0. The van der Waals surface area contributed by atoms with E-state index in [1.54, 1.807) is 23.1 Å². The van der Waals surface area contributed by atoms with E-state index in [0.717, 1.165) is 30.2 Å². The number of nitrogens with zero attached hydrogens (tertiary/aromatic N) is 3. The second-order valence-electron chi connectivity index (χ2n) is 7.52. The van der Waals surface area contributed by atoms with Gasteiger partial charge in [0.2, 0.25) is 15.9 Å². The Kier molecular flexibility index (Phi) is 6.89. The van der Waals surface area contributed by atoms with Crippen molar-refractivity contribution in [2.24, 2.45) is 0 Å². The Bertz CT molecular complexity index is 1000. The lowest BCUT2D eigenvalue weighted by Gasteiger charge is -2.35. The van der Waals surface area contributed by atoms with Gasteiger partial charge in [-0.2, -0.15) is 0 Å². The molecule has 1 amide bonds. The van der Waals surface area contributed by atoms with Gasteiger partial charge in [-0.1, -0.05) is 42.5 Å². The first-order valence-electron chi connectivity index (χ1n) is 9.87. The number of carbonyl (C=O) groups is 2. The highest BCUT2D eigenvalue weighted by Gasteiger charge is 2.27. The monoisotopic (exact) mass is 429 g/mol. The molecular formula is C22H27N3O4S. The lowest BCUT2D eigenvalue weighted by atomic mass is 10.1. The normalized spacial score (nSPS) is 15.1. The van der Waals surface area contributed by atoms with Crippen LogP contribution in [0, 0.1) is 0 Å². The molecule has 1 aliphatic rings. The summed E-state index contributed by atoms with van der Waals surface area (Å²) in [5.41, 5.74) is 1.95. The van der Waals surface area contributed by atoms with Crippen LogP contribution in [0.15, 0.2) is 54.6 Å². The van der Waals surface area contributed by atoms with Crippen molar-refractivity contribution in [2.75, 3.05) is 43.3 Å². The van der Waals surface area contributed by atoms with Crippen molar-refractivity contribution in [3.05, 3.63) is 65.7 Å². The maximum Gasteiger partial charge on any atom is 0.243 e. The minimum absolute atomic E-state index is 0.161. The van der Waals surface area contributed by atoms with Crippen molar-refractivity contribution in [3.63, 3.8) is 0 Å². The number of hydrogen-bond donors (Lipinski definition) is 0. The Balaban J connectivity index is 1.64. The van der Waals surface area contributed by atoms with Crippen LogP contribution < -0.4 is 4.31 Å². The van der Waals surface area contributed by atoms with Gasteiger partial charge in [0.25, 0.3) is 0 Å². The Morgan fingerprint density at radius 1 is 0.967 bits per heavy atom. The molecule has 2 aromatic carbocycles. The van der Waals surface area contributed by atoms with Crippen molar-refractivity contribution in [1.82, 2.24) is 9.80 Å². The molecule has 30 heavy (non-hydrogen) atoms. The van der Waals surface area contributed by atoms with Crippen molar-refractivity contribution < 1.29 is 18.0 Å². The average molecular weight is 430 g/mol. The maximum atomic E-state index is 12.8. The molecule has 0 aromatic heterocycles. The number of carbonyl (C=O) groups excluding carboxylic acids is 2. The summed E-state index contributed by atoms with van der Waals surface area (Å²) >= 11 is 0. The Hall–Kier alpha value is -2.71. The largest absolute Gasteiger partial charge is 0.339 e. The summed E-state index contributed by atoms with van der Waals surface area (Å²) in [6.45, 7) is 4.55. The molecule has 1 aliphatic heterocycles. The summed E-state index contributed by atoms with van der Waals surface area (Å²) in [5.74, 6) is -0.404. The zero-order valence-electron chi connectivity index (χ0n) is 17.3. The van der Waals surface area contributed by atoms with Gasteiger partial charge >= 0.3 is 0 Å². The third kappa shape index (κ3) is 5.67. The van der Waals surface area contributed by atoms with Crippen LogP contribution in [0.25, 0.3) is 0 Å². The Morgan fingerprint density at radius 2 is 1.63 bits per heavy atom.